The molecule has 0 radical (unpaired) electrons. The van der Waals surface area contributed by atoms with Gasteiger partial charge in [-0.3, -0.25) is 24.4 Å². The third kappa shape index (κ3) is 18.3. The van der Waals surface area contributed by atoms with Crippen LogP contribution >= 0.6 is 0 Å². The molecule has 21 heteroatoms. The van der Waals surface area contributed by atoms with Gasteiger partial charge in [-0.25, -0.2) is 15.0 Å². The molecule has 384 valence electrons. The monoisotopic (exact) mass is 1010 g/mol. The van der Waals surface area contributed by atoms with Gasteiger partial charge in [0, 0.05) is 96.0 Å². The fraction of sp³-hybridized carbons (Fsp3) is 0.688. The Hall–Kier alpha value is -5.67. The summed E-state index contributed by atoms with van der Waals surface area (Å²) in [5, 5.41) is 39.5. The number of primary amides is 3. The Bertz CT molecular complexity index is 4130. The molecule has 3 fully saturated rings. The first kappa shape index (κ1) is 19.2. The molecule has 3 heterocycles. The van der Waals surface area contributed by atoms with E-state index in [0.717, 1.165) is 0 Å². The molecular formula is C48H81N15O6. The first-order valence-electron chi connectivity index (χ1n) is 43.2. The Balaban J connectivity index is 0.000000366. The second-order valence-corrected chi connectivity index (χ2v) is 14.9. The molecule has 0 saturated heterocycles. The summed E-state index contributed by atoms with van der Waals surface area (Å²) >= 11 is 0. The molecule has 3 saturated carbocycles. The Morgan fingerprint density at radius 3 is 1.72 bits per heavy atom. The molecule has 15 N–H and O–H groups in total. The summed E-state index contributed by atoms with van der Waals surface area (Å²) in [5.41, 5.74) is 1.44. The van der Waals surface area contributed by atoms with Crippen molar-refractivity contribution in [2.75, 3.05) is 21.3 Å². The van der Waals surface area contributed by atoms with Crippen LogP contribution in [-0.4, -0.2) is 116 Å². The topological polar surface area (TPSA) is 346 Å². The number of nitrogens with zero attached hydrogens (tertiary/aromatic N) is 6. The van der Waals surface area contributed by atoms with E-state index in [1.165, 1.54) is 0 Å². The molecule has 0 spiro atoms. The molecule has 3 aliphatic rings. The lowest BCUT2D eigenvalue weighted by molar-refractivity contribution is 0.0702. The van der Waals surface area contributed by atoms with Gasteiger partial charge < -0.3 is 63.8 Å². The average Bonchev–Trinajstić information content (AvgIpc) is 0.731. The first-order valence-corrected chi connectivity index (χ1v) is 19.7. The van der Waals surface area contributed by atoms with Crippen LogP contribution in [0.5, 0.6) is 0 Å². The van der Waals surface area contributed by atoms with Gasteiger partial charge in [0.15, 0.2) is 0 Å². The number of aliphatic hydroxyl groups is 3. The molecule has 9 unspecified atom stereocenters. The van der Waals surface area contributed by atoms with Gasteiger partial charge in [-0.05, 0) is 137 Å². The van der Waals surface area contributed by atoms with E-state index in [-0.39, 0.29) is 0 Å². The van der Waals surface area contributed by atoms with E-state index in [9.17, 15) is 29.7 Å². The molecule has 0 aliphatic heterocycles. The summed E-state index contributed by atoms with van der Waals surface area (Å²) in [6.07, 6.45) is -18.8. The second-order valence-electron chi connectivity index (χ2n) is 14.9. The molecule has 0 bridgehead atoms. The van der Waals surface area contributed by atoms with E-state index < -0.39 is 292 Å². The van der Waals surface area contributed by atoms with Gasteiger partial charge in [0.2, 0.25) is 17.8 Å². The maximum atomic E-state index is 12.1. The smallest absolute Gasteiger partial charge is 0.254 e. The lowest BCUT2D eigenvalue weighted by Gasteiger charge is -2.32. The van der Waals surface area contributed by atoms with Gasteiger partial charge >= 0.3 is 0 Å². The Kier molecular flexibility index (Phi) is 6.60. The van der Waals surface area contributed by atoms with Crippen molar-refractivity contribution in [3.8, 4) is 0 Å². The summed E-state index contributed by atoms with van der Waals surface area (Å²) < 4.78 is 366. The highest BCUT2D eigenvalue weighted by Gasteiger charge is 2.29. The first-order chi connectivity index (χ1) is 50.8. The lowest BCUT2D eigenvalue weighted by atomic mass is 9.85. The van der Waals surface area contributed by atoms with E-state index >= 15 is 0 Å². The fourth-order valence-corrected chi connectivity index (χ4v) is 5.84. The van der Waals surface area contributed by atoms with Crippen molar-refractivity contribution in [1.29, 1.82) is 0 Å². The minimum atomic E-state index is -3.73. The number of aromatic amines is 2. The number of rotatable bonds is 10. The van der Waals surface area contributed by atoms with Crippen LogP contribution in [0.3, 0.4) is 0 Å². The molecule has 3 aliphatic carbocycles. The summed E-state index contributed by atoms with van der Waals surface area (Å²) in [6, 6.07) is -5.85. The molecule has 69 heavy (non-hydrogen) atoms. The molecule has 0 aromatic carbocycles. The zero-order valence-electron chi connectivity index (χ0n) is 82.9. The van der Waals surface area contributed by atoms with Crippen LogP contribution in [-0.2, 0) is 0 Å². The van der Waals surface area contributed by atoms with Gasteiger partial charge in [0.05, 0.1) is 56.6 Å². The second kappa shape index (κ2) is 23.8. The van der Waals surface area contributed by atoms with Crippen LogP contribution in [0.1, 0.15) is 235 Å². The maximum Gasteiger partial charge on any atom is 0.254 e. The van der Waals surface area contributed by atoms with Crippen molar-refractivity contribution in [2.24, 2.45) is 44.9 Å². The van der Waals surface area contributed by atoms with E-state index in [1.54, 1.807) is 0 Å². The standard InChI is InChI=1S/3C16H27N5O2/c3*1-9-5-6-10(7-12(9)22)19-14-11(13(17)23)8-18-15(20-14)21-16(2,3)4/h3*8-10,12,22H,5-7H2,1-4H3,(H2,17,23)(H2,18,19,20,21)/i1D3,2D3,3D3,4D3,8D,9D,10D,12D;1D3,2D3,3D3,4D3,9D,10D,12D;1D3,2D3,3D3,4D3,5D2,8D,12D. The number of aromatic nitrogens is 6. The van der Waals surface area contributed by atoms with Crippen LogP contribution in [0.4, 0.5) is 23.7 Å². The van der Waals surface area contributed by atoms with Crippen LogP contribution < -0.4 is 49.4 Å². The summed E-state index contributed by atoms with van der Waals surface area (Å²) in [4.78, 5) is 62.8. The quantitative estimate of drug-likeness (QED) is 0.136. The molecule has 9 atom stereocenters. The minimum Gasteiger partial charge on any atom is -0.393 e. The molecular weight excluding hydrogens is 883 g/mol. The number of carbonyl (C=O) groups is 3. The minimum absolute atomic E-state index is 0.454. The third-order valence-electron chi connectivity index (χ3n) is 8.97. The predicted molar refractivity (Wildman–Crippen MR) is 268 cm³/mol. The Morgan fingerprint density at radius 1 is 0.696 bits per heavy atom. The number of nitrogens with two attached hydrogens (primary N) is 3. The van der Waals surface area contributed by atoms with Gasteiger partial charge in [-0.2, -0.15) is 4.98 Å². The van der Waals surface area contributed by atoms with Crippen molar-refractivity contribution in [2.45, 2.75) is 193 Å². The van der Waals surface area contributed by atoms with Crippen molar-refractivity contribution in [3.05, 3.63) is 46.2 Å². The number of amides is 3. The maximum absolute atomic E-state index is 12.1. The zero-order valence-corrected chi connectivity index (χ0v) is 35.9. The molecule has 3 amide bonds. The van der Waals surface area contributed by atoms with E-state index in [2.05, 4.69) is 45.2 Å². The normalized spacial score (nSPS) is 46.2. The van der Waals surface area contributed by atoms with E-state index in [1.807, 2.05) is 16.0 Å². The van der Waals surface area contributed by atoms with Gasteiger partial charge in [0.1, 0.15) is 16.8 Å². The van der Waals surface area contributed by atoms with Crippen molar-refractivity contribution in [1.82, 2.24) is 29.9 Å². The van der Waals surface area contributed by atoms with Gasteiger partial charge in [0.25, 0.3) is 17.7 Å². The van der Waals surface area contributed by atoms with Crippen LogP contribution in [0.25, 0.3) is 0 Å². The Morgan fingerprint density at radius 2 is 1.23 bits per heavy atom. The highest BCUT2D eigenvalue weighted by atomic mass is 16.3. The van der Waals surface area contributed by atoms with Gasteiger partial charge in [-0.1, -0.05) is 20.6 Å². The van der Waals surface area contributed by atoms with Crippen molar-refractivity contribution >= 4 is 41.4 Å². The fourth-order valence-electron chi connectivity index (χ4n) is 5.84. The highest BCUT2D eigenvalue weighted by molar-refractivity contribution is 5.97. The number of hydrogen-bond acceptors (Lipinski definition) is 16. The molecule has 3 aromatic rings. The predicted octanol–water partition coefficient (Wildman–Crippen LogP) is 4.09. The molecule has 21 nitrogen and oxygen atoms in total. The SMILES string of the molecule is [2H]C1(Nc2nc(NC(C([2H])([2H])[2H])(C([2H])([2H])[2H])C([2H])([2H])[2H])ncc2C(N)=O)CCC([2H])(C([2H])([2H])[2H])C([2H])(O)C1.[2H]c1nc(NC(C([2H])([2H])[2H])(C([2H])([2H])[2H])C([2H])([2H])[2H])[nH]c(=NC2([2H])CCC([2H])(C([2H])([2H])[2H])C([2H])(O)C2)c1C(N)=O.[2H]c1nc(NC(C([2H])([2H])[2H])(C([2H])([2H])[2H])C([2H])([2H])[2H])[nH]c(=NC2CC([2H])([2H])C(C([2H])([2H])[2H])C([2H])(O)C2)c1C(N)=O. The highest BCUT2D eigenvalue weighted by Crippen LogP contribution is 2.29. The zero-order chi connectivity index (χ0) is 91.6. The number of H-pyrrole nitrogens is 2. The summed E-state index contributed by atoms with van der Waals surface area (Å²) in [5.74, 6) is -14.8. The van der Waals surface area contributed by atoms with Crippen molar-refractivity contribution < 1.29 is 94.1 Å². The van der Waals surface area contributed by atoms with E-state index in [4.69, 9.17) is 81.6 Å². The number of nitrogens with one attached hydrogen (secondary N) is 6. The molecule has 3 aromatic heterocycles. The Labute approximate surface area is 472 Å². The van der Waals surface area contributed by atoms with E-state index in [0.29, 0.717) is 6.20 Å². The summed E-state index contributed by atoms with van der Waals surface area (Å²) in [7, 11) is 0. The average molecular weight is 1010 g/mol. The van der Waals surface area contributed by atoms with Gasteiger partial charge in [-0.15, -0.1) is 0 Å². The van der Waals surface area contributed by atoms with Crippen LogP contribution in [0.15, 0.2) is 28.5 Å². The number of hydrogen-bond donors (Lipinski definition) is 12. The van der Waals surface area contributed by atoms with Crippen LogP contribution in [0, 0.1) is 17.7 Å². The number of carbonyl (C=O) groups excluding carboxylic acids is 3. The van der Waals surface area contributed by atoms with Crippen molar-refractivity contribution in [3.63, 3.8) is 0 Å². The largest absolute Gasteiger partial charge is 0.393 e. The summed E-state index contributed by atoms with van der Waals surface area (Å²) in [6.45, 7) is -42.6. The number of anilines is 4. The van der Waals surface area contributed by atoms with Crippen LogP contribution in [0.2, 0.25) is 0 Å². The molecule has 6 rings (SSSR count). The lowest BCUT2D eigenvalue weighted by Crippen LogP contribution is -2.36. The third-order valence-corrected chi connectivity index (χ3v) is 8.97.